The quantitative estimate of drug-likeness (QED) is 0.835. The second-order valence-corrected chi connectivity index (χ2v) is 7.49. The predicted octanol–water partition coefficient (Wildman–Crippen LogP) is 3.24. The molecular formula is C20H26N2O3. The molecule has 0 saturated carbocycles. The van der Waals surface area contributed by atoms with Gasteiger partial charge in [0.15, 0.2) is 0 Å². The lowest BCUT2D eigenvalue weighted by Crippen LogP contribution is -2.65. The van der Waals surface area contributed by atoms with Crippen molar-refractivity contribution in [2.24, 2.45) is 0 Å². The molecule has 4 rings (SSSR count). The molecule has 1 atom stereocenters. The van der Waals surface area contributed by atoms with Crippen LogP contribution in [0.4, 0.5) is 0 Å². The zero-order valence-corrected chi connectivity index (χ0v) is 15.0. The van der Waals surface area contributed by atoms with Gasteiger partial charge in [0, 0.05) is 38.5 Å². The van der Waals surface area contributed by atoms with Crippen LogP contribution in [0.15, 0.2) is 35.0 Å². The molecule has 2 aromatic rings. The lowest BCUT2D eigenvalue weighted by molar-refractivity contribution is -0.201. The van der Waals surface area contributed by atoms with Gasteiger partial charge in [-0.05, 0) is 43.5 Å². The Kier molecular flexibility index (Phi) is 4.63. The molecule has 2 fully saturated rings. The van der Waals surface area contributed by atoms with Gasteiger partial charge in [-0.15, -0.1) is 0 Å². The van der Waals surface area contributed by atoms with E-state index in [0.29, 0.717) is 6.61 Å². The Bertz CT molecular complexity index is 721. The second kappa shape index (κ2) is 6.90. The zero-order chi connectivity index (χ0) is 17.3. The number of aromatic nitrogens is 1. The second-order valence-electron chi connectivity index (χ2n) is 7.49. The molecule has 5 heteroatoms. The number of hydrogen-bond acceptors (Lipinski definition) is 5. The highest BCUT2D eigenvalue weighted by atomic mass is 16.5. The van der Waals surface area contributed by atoms with E-state index in [1.54, 1.807) is 0 Å². The summed E-state index contributed by atoms with van der Waals surface area (Å²) in [6.45, 7) is 8.23. The third-order valence-corrected chi connectivity index (χ3v) is 5.06. The summed E-state index contributed by atoms with van der Waals surface area (Å²) in [5.41, 5.74) is 2.28. The molecule has 2 aliphatic heterocycles. The van der Waals surface area contributed by atoms with E-state index in [1.165, 1.54) is 5.56 Å². The van der Waals surface area contributed by atoms with Crippen LogP contribution in [0.25, 0.3) is 0 Å². The van der Waals surface area contributed by atoms with Gasteiger partial charge >= 0.3 is 0 Å². The van der Waals surface area contributed by atoms with E-state index < -0.39 is 0 Å². The van der Waals surface area contributed by atoms with Crippen LogP contribution in [0.3, 0.4) is 0 Å². The van der Waals surface area contributed by atoms with Gasteiger partial charge in [0.1, 0.15) is 11.5 Å². The molecular weight excluding hydrogens is 316 g/mol. The molecule has 1 spiro atoms. The van der Waals surface area contributed by atoms with Crippen LogP contribution >= 0.6 is 0 Å². The molecule has 0 amide bonds. The van der Waals surface area contributed by atoms with E-state index >= 15 is 0 Å². The van der Waals surface area contributed by atoms with Gasteiger partial charge in [0.2, 0.25) is 0 Å². The summed E-state index contributed by atoms with van der Waals surface area (Å²) < 4.78 is 17.9. The maximum absolute atomic E-state index is 6.15. The van der Waals surface area contributed by atoms with Gasteiger partial charge in [-0.1, -0.05) is 6.07 Å². The number of likely N-dealkylation sites (tertiary alicyclic amines) is 1. The summed E-state index contributed by atoms with van der Waals surface area (Å²) in [6.07, 6.45) is 5.97. The Labute approximate surface area is 148 Å². The van der Waals surface area contributed by atoms with E-state index in [4.69, 9.17) is 13.9 Å². The number of aryl methyl sites for hydroxylation is 2. The zero-order valence-electron chi connectivity index (χ0n) is 15.0. The molecule has 5 nitrogen and oxygen atoms in total. The number of pyridine rings is 1. The van der Waals surface area contributed by atoms with Crippen molar-refractivity contribution in [3.05, 3.63) is 53.2 Å². The molecule has 134 valence electrons. The van der Waals surface area contributed by atoms with Crippen molar-refractivity contribution in [3.63, 3.8) is 0 Å². The van der Waals surface area contributed by atoms with Crippen LogP contribution in [0.1, 0.15) is 35.5 Å². The number of nitrogens with zero attached hydrogens (tertiary/aromatic N) is 2. The minimum Gasteiger partial charge on any atom is -0.465 e. The molecule has 0 aliphatic carbocycles. The normalized spacial score (nSPS) is 22.9. The van der Waals surface area contributed by atoms with Crippen molar-refractivity contribution >= 4 is 0 Å². The van der Waals surface area contributed by atoms with Crippen LogP contribution < -0.4 is 0 Å². The van der Waals surface area contributed by atoms with E-state index in [1.807, 2.05) is 25.4 Å². The first-order chi connectivity index (χ1) is 12.1. The van der Waals surface area contributed by atoms with Gasteiger partial charge in [0.25, 0.3) is 0 Å². The van der Waals surface area contributed by atoms with Crippen LogP contribution in [0.5, 0.6) is 0 Å². The average Bonchev–Trinajstić information content (AvgIpc) is 2.97. The minimum absolute atomic E-state index is 0.0323. The van der Waals surface area contributed by atoms with Crippen LogP contribution in [0.2, 0.25) is 0 Å². The van der Waals surface area contributed by atoms with E-state index in [0.717, 1.165) is 56.2 Å². The smallest absolute Gasteiger partial charge is 0.118 e. The standard InChI is InChI=1S/C20H26N2O3/c1-15-7-17(10-21-9-15)12-23-18-5-6-24-20(8-18)13-22(14-20)11-19-4-3-16(2)25-19/h3-4,7,9-10,18H,5-6,8,11-14H2,1-2H3/t18-/m1/s1. The summed E-state index contributed by atoms with van der Waals surface area (Å²) in [6, 6.07) is 6.22. The molecule has 25 heavy (non-hydrogen) atoms. The lowest BCUT2D eigenvalue weighted by Gasteiger charge is -2.53. The molecule has 2 aliphatic rings. The Morgan fingerprint density at radius 2 is 2.16 bits per heavy atom. The van der Waals surface area contributed by atoms with Crippen molar-refractivity contribution in [2.75, 3.05) is 19.7 Å². The maximum Gasteiger partial charge on any atom is 0.118 e. The molecule has 0 unspecified atom stereocenters. The largest absolute Gasteiger partial charge is 0.465 e. The van der Waals surface area contributed by atoms with Crippen LogP contribution in [-0.4, -0.2) is 41.3 Å². The molecule has 0 N–H and O–H groups in total. The molecule has 2 aromatic heterocycles. The predicted molar refractivity (Wildman–Crippen MR) is 94.2 cm³/mol. The average molecular weight is 342 g/mol. The summed E-state index contributed by atoms with van der Waals surface area (Å²) in [5.74, 6) is 2.00. The third-order valence-electron chi connectivity index (χ3n) is 5.06. The van der Waals surface area contributed by atoms with Crippen molar-refractivity contribution in [1.82, 2.24) is 9.88 Å². The van der Waals surface area contributed by atoms with E-state index in [-0.39, 0.29) is 11.7 Å². The fraction of sp³-hybridized carbons (Fsp3) is 0.550. The highest BCUT2D eigenvalue weighted by molar-refractivity contribution is 5.15. The molecule has 2 saturated heterocycles. The number of rotatable bonds is 5. The first kappa shape index (κ1) is 16.8. The van der Waals surface area contributed by atoms with Gasteiger partial charge in [-0.2, -0.15) is 0 Å². The Morgan fingerprint density at radius 3 is 2.92 bits per heavy atom. The SMILES string of the molecule is Cc1cncc(CO[C@@H]2CCOC3(C2)CN(Cc2ccc(C)o2)C3)c1. The topological polar surface area (TPSA) is 47.7 Å². The Morgan fingerprint density at radius 1 is 1.28 bits per heavy atom. The number of ether oxygens (including phenoxy) is 2. The van der Waals surface area contributed by atoms with Gasteiger partial charge in [-0.25, -0.2) is 0 Å². The molecule has 4 heterocycles. The summed E-state index contributed by atoms with van der Waals surface area (Å²) in [7, 11) is 0. The third kappa shape index (κ3) is 3.94. The summed E-state index contributed by atoms with van der Waals surface area (Å²) >= 11 is 0. The van der Waals surface area contributed by atoms with Crippen LogP contribution in [0, 0.1) is 13.8 Å². The van der Waals surface area contributed by atoms with Gasteiger partial charge in [0.05, 0.1) is 24.9 Å². The van der Waals surface area contributed by atoms with Crippen molar-refractivity contribution < 1.29 is 13.9 Å². The van der Waals surface area contributed by atoms with Crippen LogP contribution in [-0.2, 0) is 22.6 Å². The highest BCUT2D eigenvalue weighted by Crippen LogP contribution is 2.36. The first-order valence-electron chi connectivity index (χ1n) is 9.04. The fourth-order valence-corrected chi connectivity index (χ4v) is 3.93. The summed E-state index contributed by atoms with van der Waals surface area (Å²) in [4.78, 5) is 6.62. The molecule has 0 aromatic carbocycles. The van der Waals surface area contributed by atoms with E-state index in [2.05, 4.69) is 28.9 Å². The fourth-order valence-electron chi connectivity index (χ4n) is 3.93. The lowest BCUT2D eigenvalue weighted by atomic mass is 9.84. The number of furan rings is 1. The maximum atomic E-state index is 6.15. The number of hydrogen-bond donors (Lipinski definition) is 0. The minimum atomic E-state index is -0.0323. The van der Waals surface area contributed by atoms with Gasteiger partial charge in [-0.3, -0.25) is 9.88 Å². The Hall–Kier alpha value is -1.69. The highest BCUT2D eigenvalue weighted by Gasteiger charge is 2.47. The van der Waals surface area contributed by atoms with Gasteiger partial charge < -0.3 is 13.9 Å². The monoisotopic (exact) mass is 342 g/mol. The van der Waals surface area contributed by atoms with Crippen molar-refractivity contribution in [3.8, 4) is 0 Å². The summed E-state index contributed by atoms with van der Waals surface area (Å²) in [5, 5.41) is 0. The van der Waals surface area contributed by atoms with E-state index in [9.17, 15) is 0 Å². The first-order valence-corrected chi connectivity index (χ1v) is 9.04. The Balaban J connectivity index is 1.27. The van der Waals surface area contributed by atoms with Crippen molar-refractivity contribution in [2.45, 2.75) is 51.5 Å². The molecule has 0 radical (unpaired) electrons. The molecule has 0 bridgehead atoms. The van der Waals surface area contributed by atoms with Crippen molar-refractivity contribution in [1.29, 1.82) is 0 Å².